The Balaban J connectivity index is 0.00000116. The third-order valence-electron chi connectivity index (χ3n) is 3.75. The zero-order valence-corrected chi connectivity index (χ0v) is 14.2. The summed E-state index contributed by atoms with van der Waals surface area (Å²) in [7, 11) is 0. The molecule has 0 amide bonds. The van der Waals surface area contributed by atoms with Crippen LogP contribution in [0.1, 0.15) is 47.5 Å². The second-order valence-corrected chi connectivity index (χ2v) is 5.82. The van der Waals surface area contributed by atoms with Gasteiger partial charge < -0.3 is 9.64 Å². The van der Waals surface area contributed by atoms with Crippen LogP contribution in [0.5, 0.6) is 0 Å². The lowest BCUT2D eigenvalue weighted by Gasteiger charge is -2.37. The summed E-state index contributed by atoms with van der Waals surface area (Å²) in [6.07, 6.45) is 3.03. The summed E-state index contributed by atoms with van der Waals surface area (Å²) in [5.41, 5.74) is -0.0835. The van der Waals surface area contributed by atoms with E-state index in [0.29, 0.717) is 25.6 Å². The molecule has 0 N–H and O–H groups in total. The lowest BCUT2D eigenvalue weighted by atomic mass is 9.91. The monoisotopic (exact) mass is 315 g/mol. The van der Waals surface area contributed by atoms with Gasteiger partial charge in [-0.2, -0.15) is 8.78 Å². The molecule has 0 spiro atoms. The van der Waals surface area contributed by atoms with Crippen molar-refractivity contribution in [2.75, 3.05) is 24.6 Å². The van der Waals surface area contributed by atoms with Crippen molar-refractivity contribution in [2.45, 2.75) is 53.1 Å². The summed E-state index contributed by atoms with van der Waals surface area (Å²) in [6, 6.07) is 0. The normalized spacial score (nSPS) is 20.0. The first-order chi connectivity index (χ1) is 10.4. The fourth-order valence-electron chi connectivity index (χ4n) is 2.43. The molecule has 0 bridgehead atoms. The van der Waals surface area contributed by atoms with Crippen LogP contribution in [0.3, 0.4) is 0 Å². The van der Waals surface area contributed by atoms with Crippen molar-refractivity contribution in [3.63, 3.8) is 0 Å². The predicted octanol–water partition coefficient (Wildman–Crippen LogP) is 3.81. The number of ether oxygens (including phenoxy) is 1. The minimum absolute atomic E-state index is 0.0323. The summed E-state index contributed by atoms with van der Waals surface area (Å²) >= 11 is 0. The van der Waals surface area contributed by atoms with Crippen LogP contribution in [0.15, 0.2) is 6.33 Å². The van der Waals surface area contributed by atoms with E-state index >= 15 is 0 Å². The van der Waals surface area contributed by atoms with E-state index in [1.54, 1.807) is 4.90 Å². The molecule has 2 heterocycles. The van der Waals surface area contributed by atoms with Gasteiger partial charge >= 0.3 is 0 Å². The number of halogens is 2. The molecule has 1 aliphatic rings. The Kier molecular flexibility index (Phi) is 7.13. The minimum atomic E-state index is -1.10. The maximum Gasteiger partial charge on any atom is 0.254 e. The number of anilines is 1. The second kappa shape index (κ2) is 8.36. The fourth-order valence-corrected chi connectivity index (χ4v) is 2.43. The highest BCUT2D eigenvalue weighted by Gasteiger charge is 2.29. The van der Waals surface area contributed by atoms with Crippen molar-refractivity contribution < 1.29 is 13.5 Å². The molecule has 0 radical (unpaired) electrons. The smallest absolute Gasteiger partial charge is 0.254 e. The van der Waals surface area contributed by atoms with E-state index in [9.17, 15) is 8.78 Å². The SMILES string of the molecule is CC.CCN(CC1CCC(C)(C)OC1)c1ncnc(F)c1F. The highest BCUT2D eigenvalue weighted by Crippen LogP contribution is 2.29. The van der Waals surface area contributed by atoms with Gasteiger partial charge in [0.2, 0.25) is 5.82 Å². The van der Waals surface area contributed by atoms with Gasteiger partial charge in [-0.25, -0.2) is 9.97 Å². The number of rotatable bonds is 4. The van der Waals surface area contributed by atoms with Gasteiger partial charge in [-0.3, -0.25) is 0 Å². The minimum Gasteiger partial charge on any atom is -0.375 e. The number of hydrogen-bond donors (Lipinski definition) is 0. The zero-order chi connectivity index (χ0) is 16.8. The summed E-state index contributed by atoms with van der Waals surface area (Å²) < 4.78 is 32.7. The summed E-state index contributed by atoms with van der Waals surface area (Å²) in [5, 5.41) is 0. The van der Waals surface area contributed by atoms with Gasteiger partial charge in [0.15, 0.2) is 5.82 Å². The highest BCUT2D eigenvalue weighted by atomic mass is 19.2. The van der Waals surface area contributed by atoms with E-state index in [0.717, 1.165) is 19.2 Å². The van der Waals surface area contributed by atoms with E-state index in [2.05, 4.69) is 23.8 Å². The Morgan fingerprint density at radius 3 is 2.55 bits per heavy atom. The summed E-state index contributed by atoms with van der Waals surface area (Å²) in [4.78, 5) is 8.82. The topological polar surface area (TPSA) is 38.2 Å². The van der Waals surface area contributed by atoms with Crippen molar-refractivity contribution in [1.82, 2.24) is 9.97 Å². The van der Waals surface area contributed by atoms with Gasteiger partial charge in [-0.05, 0) is 39.5 Å². The van der Waals surface area contributed by atoms with Gasteiger partial charge in [0.25, 0.3) is 5.95 Å². The lowest BCUT2D eigenvalue weighted by Crippen LogP contribution is -2.40. The molecule has 1 fully saturated rings. The highest BCUT2D eigenvalue weighted by molar-refractivity contribution is 5.38. The van der Waals surface area contributed by atoms with Crippen molar-refractivity contribution in [3.8, 4) is 0 Å². The quantitative estimate of drug-likeness (QED) is 0.792. The van der Waals surface area contributed by atoms with E-state index in [4.69, 9.17) is 4.74 Å². The fraction of sp³-hybridized carbons (Fsp3) is 0.750. The second-order valence-electron chi connectivity index (χ2n) is 5.82. The Bertz CT molecular complexity index is 459. The largest absolute Gasteiger partial charge is 0.375 e. The molecule has 22 heavy (non-hydrogen) atoms. The molecule has 2 rings (SSSR count). The third kappa shape index (κ3) is 4.87. The van der Waals surface area contributed by atoms with Crippen molar-refractivity contribution in [3.05, 3.63) is 18.1 Å². The Morgan fingerprint density at radius 2 is 2.00 bits per heavy atom. The standard InChI is InChI=1S/C14H21F2N3O.C2H6/c1-4-19(13-11(15)12(16)17-9-18-13)7-10-5-6-14(2,3)20-8-10;1-2/h9-10H,4-8H2,1-3H3;1-2H3. The van der Waals surface area contributed by atoms with E-state index in [1.807, 2.05) is 20.8 Å². The van der Waals surface area contributed by atoms with Gasteiger partial charge in [0, 0.05) is 13.1 Å². The van der Waals surface area contributed by atoms with Crippen LogP contribution in [0.4, 0.5) is 14.6 Å². The van der Waals surface area contributed by atoms with Crippen molar-refractivity contribution in [1.29, 1.82) is 0 Å². The predicted molar refractivity (Wildman–Crippen MR) is 83.9 cm³/mol. The molecular weight excluding hydrogens is 288 g/mol. The molecule has 1 aromatic rings. The molecule has 1 aliphatic heterocycles. The van der Waals surface area contributed by atoms with Crippen LogP contribution >= 0.6 is 0 Å². The first-order valence-electron chi connectivity index (χ1n) is 7.98. The lowest BCUT2D eigenvalue weighted by molar-refractivity contribution is -0.0747. The Hall–Kier alpha value is -1.30. The molecule has 4 nitrogen and oxygen atoms in total. The van der Waals surface area contributed by atoms with Crippen LogP contribution < -0.4 is 4.90 Å². The van der Waals surface area contributed by atoms with Crippen LogP contribution in [0.2, 0.25) is 0 Å². The van der Waals surface area contributed by atoms with E-state index in [-0.39, 0.29) is 11.4 Å². The number of nitrogens with zero attached hydrogens (tertiary/aromatic N) is 3. The molecule has 126 valence electrons. The average Bonchev–Trinajstić information content (AvgIpc) is 2.51. The Morgan fingerprint density at radius 1 is 1.32 bits per heavy atom. The third-order valence-corrected chi connectivity index (χ3v) is 3.75. The van der Waals surface area contributed by atoms with Crippen LogP contribution in [0.25, 0.3) is 0 Å². The van der Waals surface area contributed by atoms with Crippen molar-refractivity contribution in [2.24, 2.45) is 5.92 Å². The molecular formula is C16H27F2N3O. The maximum atomic E-state index is 13.7. The molecule has 1 atom stereocenters. The first kappa shape index (κ1) is 18.7. The van der Waals surface area contributed by atoms with E-state index < -0.39 is 11.8 Å². The van der Waals surface area contributed by atoms with Gasteiger partial charge in [-0.15, -0.1) is 0 Å². The first-order valence-corrected chi connectivity index (χ1v) is 7.98. The van der Waals surface area contributed by atoms with Gasteiger partial charge in [0.1, 0.15) is 6.33 Å². The van der Waals surface area contributed by atoms with Crippen molar-refractivity contribution >= 4 is 5.82 Å². The Labute approximate surface area is 131 Å². The molecule has 0 aliphatic carbocycles. The number of aromatic nitrogens is 2. The van der Waals surface area contributed by atoms with Crippen LogP contribution in [-0.2, 0) is 4.74 Å². The number of hydrogen-bond acceptors (Lipinski definition) is 4. The zero-order valence-electron chi connectivity index (χ0n) is 14.2. The van der Waals surface area contributed by atoms with Crippen LogP contribution in [0, 0.1) is 17.7 Å². The summed E-state index contributed by atoms with van der Waals surface area (Å²) in [5.74, 6) is -1.74. The maximum absolute atomic E-state index is 13.7. The molecule has 0 saturated carbocycles. The molecule has 6 heteroatoms. The molecule has 1 aromatic heterocycles. The molecule has 1 saturated heterocycles. The average molecular weight is 315 g/mol. The van der Waals surface area contributed by atoms with E-state index in [1.165, 1.54) is 0 Å². The van der Waals surface area contributed by atoms with Gasteiger partial charge in [-0.1, -0.05) is 13.8 Å². The van der Waals surface area contributed by atoms with Gasteiger partial charge in [0.05, 0.1) is 12.2 Å². The summed E-state index contributed by atoms with van der Waals surface area (Å²) in [6.45, 7) is 11.8. The van der Waals surface area contributed by atoms with Crippen LogP contribution in [-0.4, -0.2) is 35.3 Å². The molecule has 0 aromatic carbocycles. The molecule has 1 unspecified atom stereocenters.